The van der Waals surface area contributed by atoms with Crippen LogP contribution in [0.1, 0.15) is 19.8 Å². The Morgan fingerprint density at radius 2 is 2.11 bits per heavy atom. The van der Waals surface area contributed by atoms with Crippen molar-refractivity contribution in [3.05, 3.63) is 0 Å². The first-order chi connectivity index (χ1) is 3.66. The Hall–Kier alpha value is 0.430. The van der Waals surface area contributed by atoms with E-state index in [1.165, 1.54) is 0 Å². The van der Waals surface area contributed by atoms with Gasteiger partial charge in [0.05, 0.1) is 12.5 Å². The molecule has 0 rings (SSSR count). The standard InChI is InChI=1S/C5H10O3.Na/c1-2-4(6)3-5(7)8;/h4,6H,2-3H2,1H3,(H,7,8);/t4-;/m1./s1. The number of rotatable bonds is 3. The Labute approximate surface area is 76.4 Å². The minimum Gasteiger partial charge on any atom is -0.481 e. The Morgan fingerprint density at radius 1 is 1.67 bits per heavy atom. The average molecular weight is 141 g/mol. The van der Waals surface area contributed by atoms with Gasteiger partial charge in [-0.2, -0.15) is 0 Å². The van der Waals surface area contributed by atoms with Crippen molar-refractivity contribution in [2.45, 2.75) is 25.9 Å². The smallest absolute Gasteiger partial charge is 0.305 e. The molecule has 0 saturated heterocycles. The third-order valence-electron chi connectivity index (χ3n) is 0.881. The zero-order chi connectivity index (χ0) is 6.57. The number of aliphatic carboxylic acids is 1. The van der Waals surface area contributed by atoms with Crippen LogP contribution in [0.3, 0.4) is 0 Å². The summed E-state index contributed by atoms with van der Waals surface area (Å²) >= 11 is 0. The molecule has 0 aliphatic rings. The first-order valence-electron chi connectivity index (χ1n) is 2.56. The maximum atomic E-state index is 9.81. The molecule has 0 aromatic heterocycles. The zero-order valence-electron chi connectivity index (χ0n) is 5.79. The predicted octanol–water partition coefficient (Wildman–Crippen LogP) is -0.149. The summed E-state index contributed by atoms with van der Waals surface area (Å²) in [4.78, 5) is 9.81. The van der Waals surface area contributed by atoms with E-state index in [9.17, 15) is 4.79 Å². The molecule has 0 fully saturated rings. The van der Waals surface area contributed by atoms with Crippen LogP contribution in [0.25, 0.3) is 0 Å². The molecule has 0 heterocycles. The van der Waals surface area contributed by atoms with E-state index in [2.05, 4.69) is 0 Å². The van der Waals surface area contributed by atoms with Crippen LogP contribution in [0.15, 0.2) is 0 Å². The number of carboxylic acids is 1. The van der Waals surface area contributed by atoms with E-state index < -0.39 is 12.1 Å². The molecule has 49 valence electrons. The fraction of sp³-hybridized carbons (Fsp3) is 0.800. The molecule has 1 radical (unpaired) electrons. The number of aliphatic hydroxyl groups excluding tert-OH is 1. The molecule has 0 aliphatic carbocycles. The molecule has 0 amide bonds. The van der Waals surface area contributed by atoms with Gasteiger partial charge in [0, 0.05) is 29.6 Å². The number of aliphatic hydroxyl groups is 1. The summed E-state index contributed by atoms with van der Waals surface area (Å²) in [6.07, 6.45) is -0.310. The second-order valence-corrected chi connectivity index (χ2v) is 1.66. The van der Waals surface area contributed by atoms with E-state index in [4.69, 9.17) is 10.2 Å². The molecule has 1 atom stereocenters. The summed E-state index contributed by atoms with van der Waals surface area (Å²) < 4.78 is 0. The van der Waals surface area contributed by atoms with Crippen LogP contribution in [0.5, 0.6) is 0 Å². The minimum atomic E-state index is -0.945. The van der Waals surface area contributed by atoms with Gasteiger partial charge in [0.1, 0.15) is 0 Å². The number of hydrogen-bond acceptors (Lipinski definition) is 2. The molecule has 0 bridgehead atoms. The predicted molar refractivity (Wildman–Crippen MR) is 34.3 cm³/mol. The Kier molecular flexibility index (Phi) is 8.83. The topological polar surface area (TPSA) is 57.5 Å². The van der Waals surface area contributed by atoms with Crippen molar-refractivity contribution in [3.8, 4) is 0 Å². The van der Waals surface area contributed by atoms with Crippen LogP contribution in [0, 0.1) is 0 Å². The first-order valence-corrected chi connectivity index (χ1v) is 2.56. The van der Waals surface area contributed by atoms with Gasteiger partial charge in [-0.25, -0.2) is 0 Å². The summed E-state index contributed by atoms with van der Waals surface area (Å²) in [5, 5.41) is 16.7. The summed E-state index contributed by atoms with van der Waals surface area (Å²) in [7, 11) is 0. The minimum absolute atomic E-state index is 0. The van der Waals surface area contributed by atoms with E-state index in [0.717, 1.165) is 0 Å². The average Bonchev–Trinajstić information content (AvgIpc) is 1.65. The van der Waals surface area contributed by atoms with Crippen molar-refractivity contribution in [1.29, 1.82) is 0 Å². The monoisotopic (exact) mass is 141 g/mol. The maximum Gasteiger partial charge on any atom is 0.305 e. The summed E-state index contributed by atoms with van der Waals surface area (Å²) in [6, 6.07) is 0. The summed E-state index contributed by atoms with van der Waals surface area (Å²) in [5.74, 6) is -0.945. The Balaban J connectivity index is 0. The van der Waals surface area contributed by atoms with Gasteiger partial charge in [0.15, 0.2) is 0 Å². The number of carboxylic acid groups (broad SMARTS) is 1. The van der Waals surface area contributed by atoms with Gasteiger partial charge in [0.25, 0.3) is 0 Å². The van der Waals surface area contributed by atoms with Gasteiger partial charge in [-0.3, -0.25) is 4.79 Å². The third-order valence-corrected chi connectivity index (χ3v) is 0.881. The van der Waals surface area contributed by atoms with Crippen LogP contribution in [-0.2, 0) is 4.79 Å². The zero-order valence-corrected chi connectivity index (χ0v) is 7.79. The molecule has 0 aromatic rings. The molecule has 0 aliphatic heterocycles. The van der Waals surface area contributed by atoms with E-state index >= 15 is 0 Å². The van der Waals surface area contributed by atoms with Gasteiger partial charge < -0.3 is 10.2 Å². The van der Waals surface area contributed by atoms with Crippen molar-refractivity contribution >= 4 is 35.5 Å². The van der Waals surface area contributed by atoms with Crippen LogP contribution < -0.4 is 0 Å². The molecule has 0 aromatic carbocycles. The second kappa shape index (κ2) is 6.55. The van der Waals surface area contributed by atoms with Crippen molar-refractivity contribution in [1.82, 2.24) is 0 Å². The molecule has 4 heteroatoms. The largest absolute Gasteiger partial charge is 0.481 e. The van der Waals surface area contributed by atoms with E-state index in [0.29, 0.717) is 6.42 Å². The van der Waals surface area contributed by atoms with Crippen molar-refractivity contribution in [3.63, 3.8) is 0 Å². The molecular weight excluding hydrogens is 131 g/mol. The van der Waals surface area contributed by atoms with Gasteiger partial charge >= 0.3 is 5.97 Å². The third kappa shape index (κ3) is 8.43. The Bertz CT molecular complexity index is 84.3. The van der Waals surface area contributed by atoms with Crippen LogP contribution in [-0.4, -0.2) is 51.8 Å². The van der Waals surface area contributed by atoms with Crippen LogP contribution in [0.2, 0.25) is 0 Å². The SMILES string of the molecule is CC[C@@H](O)CC(=O)O.[Na]. The number of hydrogen-bond donors (Lipinski definition) is 2. The van der Waals surface area contributed by atoms with Gasteiger partial charge in [-0.1, -0.05) is 6.92 Å². The molecule has 9 heavy (non-hydrogen) atoms. The fourth-order valence-electron chi connectivity index (χ4n) is 0.346. The molecule has 0 unspecified atom stereocenters. The Morgan fingerprint density at radius 3 is 2.22 bits per heavy atom. The quantitative estimate of drug-likeness (QED) is 0.537. The molecule has 0 spiro atoms. The first kappa shape index (κ1) is 12.1. The number of carbonyl (C=O) groups is 1. The van der Waals surface area contributed by atoms with Crippen LogP contribution in [0.4, 0.5) is 0 Å². The van der Waals surface area contributed by atoms with Gasteiger partial charge in [-0.05, 0) is 6.42 Å². The molecule has 3 nitrogen and oxygen atoms in total. The van der Waals surface area contributed by atoms with E-state index in [-0.39, 0.29) is 36.0 Å². The van der Waals surface area contributed by atoms with Gasteiger partial charge in [-0.15, -0.1) is 0 Å². The van der Waals surface area contributed by atoms with E-state index in [1.807, 2.05) is 0 Å². The van der Waals surface area contributed by atoms with E-state index in [1.54, 1.807) is 6.92 Å². The maximum absolute atomic E-state index is 9.81. The van der Waals surface area contributed by atoms with Gasteiger partial charge in [0.2, 0.25) is 0 Å². The van der Waals surface area contributed by atoms with Crippen molar-refractivity contribution in [2.75, 3.05) is 0 Å². The molecular formula is C5H10NaO3. The normalized spacial score (nSPS) is 11.8. The summed E-state index contributed by atoms with van der Waals surface area (Å²) in [5.41, 5.74) is 0. The molecule has 2 N–H and O–H groups in total. The van der Waals surface area contributed by atoms with Crippen molar-refractivity contribution in [2.24, 2.45) is 0 Å². The van der Waals surface area contributed by atoms with Crippen LogP contribution >= 0.6 is 0 Å². The molecule has 0 saturated carbocycles. The second-order valence-electron chi connectivity index (χ2n) is 1.66. The summed E-state index contributed by atoms with van der Waals surface area (Å²) in [6.45, 7) is 1.74. The van der Waals surface area contributed by atoms with Crippen molar-refractivity contribution < 1.29 is 15.0 Å². The fourth-order valence-corrected chi connectivity index (χ4v) is 0.346.